The van der Waals surface area contributed by atoms with Gasteiger partial charge >= 0.3 is 6.09 Å². The zero-order chi connectivity index (χ0) is 23.2. The van der Waals surface area contributed by atoms with E-state index in [0.717, 1.165) is 38.3 Å². The van der Waals surface area contributed by atoms with Crippen LogP contribution < -0.4 is 9.62 Å². The number of hydrogen-bond acceptors (Lipinski definition) is 5. The number of anilines is 1. The van der Waals surface area contributed by atoms with Crippen molar-refractivity contribution in [3.63, 3.8) is 0 Å². The van der Waals surface area contributed by atoms with Gasteiger partial charge in [0, 0.05) is 38.9 Å². The number of ether oxygens (including phenoxy) is 1. The molecule has 2 heterocycles. The van der Waals surface area contributed by atoms with Crippen LogP contribution in [0.15, 0.2) is 18.3 Å². The number of nitrogens with zero attached hydrogens (tertiary/aromatic N) is 3. The number of carbonyl (C=O) groups is 1. The summed E-state index contributed by atoms with van der Waals surface area (Å²) in [5.74, 6) is 1.41. The molecule has 176 valence electrons. The molecule has 1 N–H and O–H groups in total. The predicted octanol–water partition coefficient (Wildman–Crippen LogP) is 3.76. The van der Waals surface area contributed by atoms with E-state index in [2.05, 4.69) is 27.6 Å². The number of aryl methyl sites for hydroxylation is 1. The predicted molar refractivity (Wildman–Crippen MR) is 128 cm³/mol. The summed E-state index contributed by atoms with van der Waals surface area (Å²) in [6.45, 7) is 17.2. The zero-order valence-electron chi connectivity index (χ0n) is 20.2. The maximum atomic E-state index is 12.3. The highest BCUT2D eigenvalue weighted by Gasteiger charge is 2.27. The first-order chi connectivity index (χ1) is 14.4. The minimum absolute atomic E-state index is 0.248. The van der Waals surface area contributed by atoms with Crippen LogP contribution in [0.5, 0.6) is 0 Å². The highest BCUT2D eigenvalue weighted by molar-refractivity contribution is 7.84. The van der Waals surface area contributed by atoms with Crippen LogP contribution in [0.25, 0.3) is 0 Å². The molecule has 7 nitrogen and oxygen atoms in total. The summed E-state index contributed by atoms with van der Waals surface area (Å²) < 4.78 is 20.6. The molecule has 31 heavy (non-hydrogen) atoms. The van der Waals surface area contributed by atoms with Gasteiger partial charge in [-0.25, -0.2) is 18.7 Å². The van der Waals surface area contributed by atoms with Gasteiger partial charge in [0.05, 0.1) is 15.7 Å². The van der Waals surface area contributed by atoms with Gasteiger partial charge in [0.1, 0.15) is 11.4 Å². The first-order valence-electron chi connectivity index (χ1n) is 11.2. The molecule has 0 radical (unpaired) electrons. The summed E-state index contributed by atoms with van der Waals surface area (Å²) in [7, 11) is -1.04. The largest absolute Gasteiger partial charge is 0.444 e. The molecular formula is C23H40N4O3S. The minimum Gasteiger partial charge on any atom is -0.444 e. The van der Waals surface area contributed by atoms with Crippen LogP contribution >= 0.6 is 0 Å². The third-order valence-corrected chi connectivity index (χ3v) is 6.67. The Hall–Kier alpha value is -1.67. The highest BCUT2D eigenvalue weighted by Crippen LogP contribution is 2.22. The van der Waals surface area contributed by atoms with Crippen molar-refractivity contribution in [1.29, 1.82) is 0 Å². The van der Waals surface area contributed by atoms with Crippen molar-refractivity contribution in [3.05, 3.63) is 23.9 Å². The molecule has 0 spiro atoms. The fourth-order valence-corrected chi connectivity index (χ4v) is 4.14. The number of nitrogens with one attached hydrogen (secondary N) is 1. The molecule has 1 saturated heterocycles. The number of rotatable bonds is 7. The van der Waals surface area contributed by atoms with E-state index in [-0.39, 0.29) is 10.8 Å². The fourth-order valence-electron chi connectivity index (χ4n) is 3.28. The Morgan fingerprint density at radius 2 is 1.84 bits per heavy atom. The number of piperazine rings is 1. The second kappa shape index (κ2) is 10.8. The van der Waals surface area contributed by atoms with Crippen molar-refractivity contribution < 1.29 is 13.7 Å². The SMILES string of the molecule is CC(CCc1cccnc1N1CCN(C(=O)OC(C)(C)C)CC1)CNS(=O)C(C)(C)C. The summed E-state index contributed by atoms with van der Waals surface area (Å²) in [5, 5.41) is 0. The Kier molecular flexibility index (Phi) is 8.89. The van der Waals surface area contributed by atoms with Crippen LogP contribution in [0.2, 0.25) is 0 Å². The Bertz CT molecular complexity index is 750. The summed E-state index contributed by atoms with van der Waals surface area (Å²) in [6, 6.07) is 4.11. The van der Waals surface area contributed by atoms with Gasteiger partial charge in [-0.15, -0.1) is 0 Å². The molecule has 1 aliphatic heterocycles. The lowest BCUT2D eigenvalue weighted by molar-refractivity contribution is 0.0240. The van der Waals surface area contributed by atoms with Crippen molar-refractivity contribution in [2.24, 2.45) is 5.92 Å². The summed E-state index contributed by atoms with van der Waals surface area (Å²) in [6.07, 6.45) is 3.49. The molecule has 1 aromatic rings. The van der Waals surface area contributed by atoms with Gasteiger partial charge < -0.3 is 14.5 Å². The smallest absolute Gasteiger partial charge is 0.410 e. The Morgan fingerprint density at radius 3 is 2.42 bits per heavy atom. The lowest BCUT2D eigenvalue weighted by Crippen LogP contribution is -2.50. The maximum absolute atomic E-state index is 12.3. The molecule has 1 fully saturated rings. The summed E-state index contributed by atoms with van der Waals surface area (Å²) in [5.41, 5.74) is 0.741. The van der Waals surface area contributed by atoms with E-state index in [1.54, 1.807) is 4.90 Å². The summed E-state index contributed by atoms with van der Waals surface area (Å²) >= 11 is 0. The van der Waals surface area contributed by atoms with Gasteiger partial charge in [-0.3, -0.25) is 0 Å². The van der Waals surface area contributed by atoms with E-state index in [9.17, 15) is 9.00 Å². The van der Waals surface area contributed by atoms with E-state index in [4.69, 9.17) is 4.74 Å². The second-order valence-electron chi connectivity index (χ2n) is 10.3. The lowest BCUT2D eigenvalue weighted by Gasteiger charge is -2.36. The molecule has 1 amide bonds. The molecule has 0 aliphatic carbocycles. The molecule has 2 unspecified atom stereocenters. The third kappa shape index (κ3) is 8.41. The average molecular weight is 453 g/mol. The first-order valence-corrected chi connectivity index (χ1v) is 12.3. The molecule has 2 rings (SSSR count). The van der Waals surface area contributed by atoms with Gasteiger partial charge in [-0.2, -0.15) is 0 Å². The normalized spacial score (nSPS) is 17.4. The van der Waals surface area contributed by atoms with Crippen molar-refractivity contribution in [2.45, 2.75) is 71.7 Å². The van der Waals surface area contributed by atoms with Crippen LogP contribution in [0.1, 0.15) is 60.5 Å². The number of amides is 1. The van der Waals surface area contributed by atoms with Crippen LogP contribution in [-0.4, -0.2) is 63.3 Å². The number of hydrogen-bond donors (Lipinski definition) is 1. The van der Waals surface area contributed by atoms with E-state index in [0.29, 0.717) is 19.0 Å². The molecular weight excluding hydrogens is 412 g/mol. The standard InChI is InChI=1S/C23H40N4O3S/c1-18(17-25-31(29)23(5,6)7)10-11-19-9-8-12-24-20(19)26-13-15-27(16-14-26)21(28)30-22(2,3)4/h8-9,12,18,25H,10-11,13-17H2,1-7H3. The van der Waals surface area contributed by atoms with E-state index in [1.165, 1.54) is 5.56 Å². The maximum Gasteiger partial charge on any atom is 0.410 e. The molecule has 0 aromatic carbocycles. The first kappa shape index (κ1) is 25.6. The minimum atomic E-state index is -1.04. The number of pyridine rings is 1. The van der Waals surface area contributed by atoms with Crippen LogP contribution in [-0.2, 0) is 22.1 Å². The Morgan fingerprint density at radius 1 is 1.19 bits per heavy atom. The fraction of sp³-hybridized carbons (Fsp3) is 0.739. The molecule has 2 atom stereocenters. The average Bonchev–Trinajstić information content (AvgIpc) is 2.68. The van der Waals surface area contributed by atoms with Gasteiger partial charge in [-0.05, 0) is 71.9 Å². The van der Waals surface area contributed by atoms with Gasteiger partial charge in [0.2, 0.25) is 0 Å². The van der Waals surface area contributed by atoms with Crippen LogP contribution in [0.3, 0.4) is 0 Å². The Labute approximate surface area is 190 Å². The Balaban J connectivity index is 1.88. The molecule has 0 saturated carbocycles. The quantitative estimate of drug-likeness (QED) is 0.682. The number of aromatic nitrogens is 1. The molecule has 1 aromatic heterocycles. The molecule has 8 heteroatoms. The van der Waals surface area contributed by atoms with E-state index >= 15 is 0 Å². The van der Waals surface area contributed by atoms with Crippen molar-refractivity contribution in [3.8, 4) is 0 Å². The number of carbonyl (C=O) groups excluding carboxylic acids is 1. The third-order valence-electron chi connectivity index (χ3n) is 5.12. The monoisotopic (exact) mass is 452 g/mol. The topological polar surface area (TPSA) is 74.8 Å². The molecule has 1 aliphatic rings. The molecule has 0 bridgehead atoms. The van der Waals surface area contributed by atoms with E-state index in [1.807, 2.05) is 53.8 Å². The van der Waals surface area contributed by atoms with Crippen molar-refractivity contribution in [1.82, 2.24) is 14.6 Å². The highest BCUT2D eigenvalue weighted by atomic mass is 32.2. The van der Waals surface area contributed by atoms with E-state index < -0.39 is 16.6 Å². The summed E-state index contributed by atoms with van der Waals surface area (Å²) in [4.78, 5) is 21.0. The van der Waals surface area contributed by atoms with Crippen LogP contribution in [0.4, 0.5) is 10.6 Å². The van der Waals surface area contributed by atoms with Gasteiger partial charge in [-0.1, -0.05) is 13.0 Å². The van der Waals surface area contributed by atoms with Crippen molar-refractivity contribution >= 4 is 22.9 Å². The lowest BCUT2D eigenvalue weighted by atomic mass is 10.0. The second-order valence-corrected chi connectivity index (χ2v) is 12.4. The van der Waals surface area contributed by atoms with Crippen LogP contribution in [0, 0.1) is 5.92 Å². The zero-order valence-corrected chi connectivity index (χ0v) is 21.1. The van der Waals surface area contributed by atoms with Gasteiger partial charge in [0.15, 0.2) is 0 Å². The van der Waals surface area contributed by atoms with Gasteiger partial charge in [0.25, 0.3) is 0 Å². The van der Waals surface area contributed by atoms with Crippen molar-refractivity contribution in [2.75, 3.05) is 37.6 Å².